The number of para-hydroxylation sites is 1. The lowest BCUT2D eigenvalue weighted by atomic mass is 9.85. The number of nitrogens with zero attached hydrogens (tertiary/aromatic N) is 3. The van der Waals surface area contributed by atoms with Crippen LogP contribution in [0.25, 0.3) is 0 Å². The van der Waals surface area contributed by atoms with Crippen LogP contribution in [0.1, 0.15) is 55.8 Å². The molecule has 0 radical (unpaired) electrons. The number of benzene rings is 1. The van der Waals surface area contributed by atoms with Gasteiger partial charge in [0.1, 0.15) is 5.82 Å². The average Bonchev–Trinajstić information content (AvgIpc) is 2.77. The van der Waals surface area contributed by atoms with Crippen molar-refractivity contribution in [3.05, 3.63) is 54.1 Å². The lowest BCUT2D eigenvalue weighted by molar-refractivity contribution is -0.192. The predicted molar refractivity (Wildman–Crippen MR) is 116 cm³/mol. The van der Waals surface area contributed by atoms with Crippen molar-refractivity contribution in [2.45, 2.75) is 63.2 Å². The molecule has 1 saturated heterocycles. The summed E-state index contributed by atoms with van der Waals surface area (Å²) in [5.74, 6) is -1.36. The van der Waals surface area contributed by atoms with Crippen molar-refractivity contribution in [1.29, 1.82) is 0 Å². The first-order valence-electron chi connectivity index (χ1n) is 11.0. The van der Waals surface area contributed by atoms with Gasteiger partial charge in [0.05, 0.1) is 12.6 Å². The van der Waals surface area contributed by atoms with Gasteiger partial charge in [-0.3, -0.25) is 4.79 Å². The maximum absolute atomic E-state index is 12.9. The van der Waals surface area contributed by atoms with Gasteiger partial charge < -0.3 is 15.3 Å². The average molecular weight is 464 g/mol. The fourth-order valence-electron chi connectivity index (χ4n) is 3.83. The molecule has 1 amide bonds. The fraction of sp³-hybridized carbons (Fsp3) is 0.478. The Balaban J connectivity index is 0.000000383. The summed E-state index contributed by atoms with van der Waals surface area (Å²) in [6, 6.07) is 9.72. The number of carboxylic acids is 1. The molecule has 7 nitrogen and oxygen atoms in total. The van der Waals surface area contributed by atoms with Crippen molar-refractivity contribution >= 4 is 17.6 Å². The topological polar surface area (TPSA) is 95.4 Å². The molecule has 10 heteroatoms. The van der Waals surface area contributed by atoms with E-state index in [1.165, 1.54) is 37.7 Å². The second-order valence-electron chi connectivity index (χ2n) is 8.13. The highest BCUT2D eigenvalue weighted by molar-refractivity contribution is 5.97. The van der Waals surface area contributed by atoms with Crippen molar-refractivity contribution in [2.75, 3.05) is 11.4 Å². The van der Waals surface area contributed by atoms with E-state index in [1.54, 1.807) is 4.90 Å². The third-order valence-electron chi connectivity index (χ3n) is 5.80. The van der Waals surface area contributed by atoms with E-state index in [4.69, 9.17) is 9.90 Å². The molecule has 2 fully saturated rings. The molecular weight excluding hydrogens is 437 g/mol. The first-order valence-corrected chi connectivity index (χ1v) is 11.0. The molecule has 2 N–H and O–H groups in total. The molecule has 178 valence electrons. The van der Waals surface area contributed by atoms with Gasteiger partial charge in [-0.25, -0.2) is 14.8 Å². The molecule has 2 heterocycles. The first-order chi connectivity index (χ1) is 15.8. The molecule has 0 bridgehead atoms. The first kappa shape index (κ1) is 24.6. The van der Waals surface area contributed by atoms with Crippen LogP contribution in [0.5, 0.6) is 0 Å². The van der Waals surface area contributed by atoms with E-state index in [0.29, 0.717) is 18.3 Å². The molecular formula is C23H27F3N4O3. The minimum atomic E-state index is -5.08. The van der Waals surface area contributed by atoms with Crippen LogP contribution in [-0.2, 0) is 16.1 Å². The molecule has 1 aliphatic heterocycles. The van der Waals surface area contributed by atoms with Gasteiger partial charge in [-0.15, -0.1) is 0 Å². The Morgan fingerprint density at radius 1 is 1.03 bits per heavy atom. The van der Waals surface area contributed by atoms with Crippen LogP contribution in [-0.4, -0.2) is 45.7 Å². The number of amides is 1. The summed E-state index contributed by atoms with van der Waals surface area (Å²) in [6.07, 6.45) is 6.17. The summed E-state index contributed by atoms with van der Waals surface area (Å²) in [6.45, 7) is 1.32. The van der Waals surface area contributed by atoms with Crippen molar-refractivity contribution in [1.82, 2.24) is 15.3 Å². The number of aliphatic carboxylic acids is 1. The number of alkyl halides is 3. The predicted octanol–water partition coefficient (Wildman–Crippen LogP) is 4.05. The third-order valence-corrected chi connectivity index (χ3v) is 5.80. The van der Waals surface area contributed by atoms with E-state index in [2.05, 4.69) is 15.3 Å². The van der Waals surface area contributed by atoms with E-state index >= 15 is 0 Å². The number of aromatic nitrogens is 2. The van der Waals surface area contributed by atoms with Crippen LogP contribution in [0, 0.1) is 0 Å². The van der Waals surface area contributed by atoms with Gasteiger partial charge in [-0.2, -0.15) is 13.2 Å². The number of hydrogen-bond acceptors (Lipinski definition) is 5. The molecule has 2 aliphatic rings. The molecule has 4 rings (SSSR count). The Morgan fingerprint density at radius 2 is 1.61 bits per heavy atom. The summed E-state index contributed by atoms with van der Waals surface area (Å²) in [4.78, 5) is 32.7. The van der Waals surface area contributed by atoms with Crippen molar-refractivity contribution < 1.29 is 27.9 Å². The van der Waals surface area contributed by atoms with E-state index in [0.717, 1.165) is 18.7 Å². The number of nitrogens with one attached hydrogen (secondary N) is 1. The Kier molecular flexibility index (Phi) is 8.37. The molecule has 2 aromatic rings. The van der Waals surface area contributed by atoms with Crippen LogP contribution in [0.4, 0.5) is 18.9 Å². The van der Waals surface area contributed by atoms with E-state index < -0.39 is 12.1 Å². The normalized spacial score (nSPS) is 18.5. The molecule has 1 aromatic carbocycles. The van der Waals surface area contributed by atoms with E-state index in [1.807, 2.05) is 42.7 Å². The summed E-state index contributed by atoms with van der Waals surface area (Å²) in [5.41, 5.74) is 2.14. The van der Waals surface area contributed by atoms with Gasteiger partial charge in [0.25, 0.3) is 0 Å². The Bertz CT molecular complexity index is 913. The van der Waals surface area contributed by atoms with E-state index in [-0.39, 0.29) is 11.9 Å². The van der Waals surface area contributed by atoms with Gasteiger partial charge >= 0.3 is 12.1 Å². The summed E-state index contributed by atoms with van der Waals surface area (Å²) in [5, 5.41) is 10.3. The quantitative estimate of drug-likeness (QED) is 0.693. The zero-order valence-corrected chi connectivity index (χ0v) is 18.1. The highest BCUT2D eigenvalue weighted by Crippen LogP contribution is 2.31. The Hall–Kier alpha value is -3.01. The largest absolute Gasteiger partial charge is 0.490 e. The number of hydrogen-bond donors (Lipinski definition) is 2. The third kappa shape index (κ3) is 6.98. The van der Waals surface area contributed by atoms with Gasteiger partial charge in [0.2, 0.25) is 5.91 Å². The zero-order chi connectivity index (χ0) is 23.8. The maximum Gasteiger partial charge on any atom is 0.490 e. The van der Waals surface area contributed by atoms with Crippen LogP contribution < -0.4 is 10.2 Å². The van der Waals surface area contributed by atoms with Gasteiger partial charge in [0, 0.05) is 18.1 Å². The molecule has 1 aliphatic carbocycles. The maximum atomic E-state index is 12.9. The second kappa shape index (κ2) is 11.2. The highest BCUT2D eigenvalue weighted by Gasteiger charge is 2.38. The SMILES string of the molecule is O=C(O)C(F)(F)F.O=C([C@H]1CCN1)N(Cc1ncc(C2CCCCC2)cn1)c1ccccc1. The van der Waals surface area contributed by atoms with Gasteiger partial charge in [-0.05, 0) is 49.4 Å². The monoisotopic (exact) mass is 464 g/mol. The van der Waals surface area contributed by atoms with Crippen LogP contribution in [0.15, 0.2) is 42.7 Å². The number of halogens is 3. The van der Waals surface area contributed by atoms with E-state index in [9.17, 15) is 18.0 Å². The summed E-state index contributed by atoms with van der Waals surface area (Å²) in [7, 11) is 0. The Labute approximate surface area is 190 Å². The second-order valence-corrected chi connectivity index (χ2v) is 8.13. The number of rotatable bonds is 5. The minimum Gasteiger partial charge on any atom is -0.475 e. The highest BCUT2D eigenvalue weighted by atomic mass is 19.4. The molecule has 1 saturated carbocycles. The summed E-state index contributed by atoms with van der Waals surface area (Å²) < 4.78 is 31.7. The number of carbonyl (C=O) groups is 2. The van der Waals surface area contributed by atoms with Crippen molar-refractivity contribution in [2.24, 2.45) is 0 Å². The molecule has 1 atom stereocenters. The lowest BCUT2D eigenvalue weighted by Gasteiger charge is -2.32. The van der Waals surface area contributed by atoms with Crippen LogP contribution in [0.2, 0.25) is 0 Å². The molecule has 33 heavy (non-hydrogen) atoms. The summed E-state index contributed by atoms with van der Waals surface area (Å²) >= 11 is 0. The number of anilines is 1. The van der Waals surface area contributed by atoms with Gasteiger partial charge in [0.15, 0.2) is 0 Å². The molecule has 0 spiro atoms. The zero-order valence-electron chi connectivity index (χ0n) is 18.1. The van der Waals surface area contributed by atoms with Crippen molar-refractivity contribution in [3.8, 4) is 0 Å². The fourth-order valence-corrected chi connectivity index (χ4v) is 3.83. The lowest BCUT2D eigenvalue weighted by Crippen LogP contribution is -2.54. The van der Waals surface area contributed by atoms with Crippen molar-refractivity contribution in [3.63, 3.8) is 0 Å². The Morgan fingerprint density at radius 3 is 2.09 bits per heavy atom. The molecule has 0 unspecified atom stereocenters. The van der Waals surface area contributed by atoms with Crippen LogP contribution >= 0.6 is 0 Å². The van der Waals surface area contributed by atoms with Crippen LogP contribution in [0.3, 0.4) is 0 Å². The standard InChI is InChI=1S/C21H26N4O.C2HF3O2/c26-21(19-11-12-22-19)25(18-9-5-2-6-10-18)15-20-23-13-17(14-24-20)16-7-3-1-4-8-16;3-2(4,5)1(6)7/h2,5-6,9-10,13-14,16,19,22H,1,3-4,7-8,11-12,15H2;(H,6,7)/t19-;/m1./s1. The van der Waals surface area contributed by atoms with Gasteiger partial charge in [-0.1, -0.05) is 37.5 Å². The smallest absolute Gasteiger partial charge is 0.475 e. The number of carboxylic acid groups (broad SMARTS) is 1. The molecule has 1 aromatic heterocycles. The number of carbonyl (C=O) groups excluding carboxylic acids is 1. The minimum absolute atomic E-state index is 0.0864.